The van der Waals surface area contributed by atoms with E-state index in [-0.39, 0.29) is 11.7 Å². The fourth-order valence-corrected chi connectivity index (χ4v) is 3.39. The highest BCUT2D eigenvalue weighted by Gasteiger charge is 2.20. The summed E-state index contributed by atoms with van der Waals surface area (Å²) in [6.45, 7) is 3.78. The average molecular weight is 264 g/mol. The second-order valence-corrected chi connectivity index (χ2v) is 6.55. The molecule has 96 valence electrons. The maximum atomic E-state index is 12.2. The van der Waals surface area contributed by atoms with Gasteiger partial charge < -0.3 is 4.42 Å². The molecule has 0 aliphatic rings. The zero-order valence-electron chi connectivity index (χ0n) is 10.5. The summed E-state index contributed by atoms with van der Waals surface area (Å²) in [4.78, 5) is 0.367. The van der Waals surface area contributed by atoms with E-state index in [1.54, 1.807) is 30.5 Å². The third kappa shape index (κ3) is 2.82. The zero-order valence-corrected chi connectivity index (χ0v) is 11.3. The minimum Gasteiger partial charge on any atom is -0.469 e. The molecule has 1 aromatic carbocycles. The lowest BCUT2D eigenvalue weighted by Crippen LogP contribution is -2.12. The Kier molecular flexibility index (Phi) is 3.57. The molecule has 3 nitrogen and oxygen atoms in total. The first-order valence-corrected chi connectivity index (χ1v) is 7.47. The van der Waals surface area contributed by atoms with Crippen LogP contribution in [0.2, 0.25) is 0 Å². The lowest BCUT2D eigenvalue weighted by molar-refractivity contribution is 0.484. The second kappa shape index (κ2) is 4.98. The van der Waals surface area contributed by atoms with E-state index >= 15 is 0 Å². The summed E-state index contributed by atoms with van der Waals surface area (Å²) >= 11 is 0. The van der Waals surface area contributed by atoms with Gasteiger partial charge in [0.1, 0.15) is 5.76 Å². The lowest BCUT2D eigenvalue weighted by Gasteiger charge is -2.09. The van der Waals surface area contributed by atoms with Crippen LogP contribution >= 0.6 is 0 Å². The number of hydrogen-bond acceptors (Lipinski definition) is 3. The van der Waals surface area contributed by atoms with E-state index in [1.807, 2.05) is 26.0 Å². The van der Waals surface area contributed by atoms with Gasteiger partial charge in [-0.1, -0.05) is 24.6 Å². The predicted octanol–water partition coefficient (Wildman–Crippen LogP) is 3.17. The summed E-state index contributed by atoms with van der Waals surface area (Å²) in [6.07, 6.45) is 1.56. The molecule has 0 aliphatic heterocycles. The van der Waals surface area contributed by atoms with Crippen molar-refractivity contribution < 1.29 is 12.8 Å². The van der Waals surface area contributed by atoms with Crippen LogP contribution in [0, 0.1) is 6.92 Å². The summed E-state index contributed by atoms with van der Waals surface area (Å²) in [7, 11) is -3.26. The van der Waals surface area contributed by atoms with Crippen LogP contribution < -0.4 is 0 Å². The van der Waals surface area contributed by atoms with Crippen molar-refractivity contribution in [3.63, 3.8) is 0 Å². The Morgan fingerprint density at radius 3 is 2.39 bits per heavy atom. The number of aryl methyl sites for hydroxylation is 1. The van der Waals surface area contributed by atoms with Crippen LogP contribution in [0.4, 0.5) is 0 Å². The van der Waals surface area contributed by atoms with Gasteiger partial charge in [-0.2, -0.15) is 0 Å². The molecule has 0 amide bonds. The largest absolute Gasteiger partial charge is 0.469 e. The van der Waals surface area contributed by atoms with Gasteiger partial charge in [0.2, 0.25) is 0 Å². The molecule has 0 saturated carbocycles. The molecule has 2 rings (SSSR count). The van der Waals surface area contributed by atoms with Crippen molar-refractivity contribution in [2.24, 2.45) is 0 Å². The molecule has 0 aliphatic carbocycles. The fraction of sp³-hybridized carbons (Fsp3) is 0.286. The minimum absolute atomic E-state index is 0.0591. The highest BCUT2D eigenvalue weighted by atomic mass is 32.2. The molecule has 0 bridgehead atoms. The monoisotopic (exact) mass is 264 g/mol. The van der Waals surface area contributed by atoms with Gasteiger partial charge in [-0.3, -0.25) is 0 Å². The normalized spacial score (nSPS) is 13.4. The van der Waals surface area contributed by atoms with Crippen LogP contribution in [0.15, 0.2) is 52.0 Å². The van der Waals surface area contributed by atoms with E-state index < -0.39 is 9.84 Å². The summed E-state index contributed by atoms with van der Waals surface area (Å²) in [5, 5.41) is 0. The van der Waals surface area contributed by atoms with Crippen molar-refractivity contribution in [1.82, 2.24) is 0 Å². The highest BCUT2D eigenvalue weighted by molar-refractivity contribution is 7.91. The molecule has 0 unspecified atom stereocenters. The van der Waals surface area contributed by atoms with Gasteiger partial charge in [0, 0.05) is 5.92 Å². The fourth-order valence-electron chi connectivity index (χ4n) is 1.82. The van der Waals surface area contributed by atoms with E-state index in [0.717, 1.165) is 5.56 Å². The third-order valence-electron chi connectivity index (χ3n) is 2.88. The molecule has 2 aromatic rings. The molecule has 0 N–H and O–H groups in total. The van der Waals surface area contributed by atoms with Crippen molar-refractivity contribution in [1.29, 1.82) is 0 Å². The maximum Gasteiger partial charge on any atom is 0.179 e. The molecule has 0 saturated heterocycles. The van der Waals surface area contributed by atoms with Crippen LogP contribution in [0.3, 0.4) is 0 Å². The molecule has 1 heterocycles. The van der Waals surface area contributed by atoms with Crippen LogP contribution in [0.5, 0.6) is 0 Å². The van der Waals surface area contributed by atoms with Crippen molar-refractivity contribution in [2.45, 2.75) is 24.7 Å². The minimum atomic E-state index is -3.26. The van der Waals surface area contributed by atoms with Gasteiger partial charge in [-0.25, -0.2) is 8.42 Å². The SMILES string of the molecule is Cc1ccc(S(=O)(=O)C[C@@H](C)c2ccco2)cc1. The van der Waals surface area contributed by atoms with E-state index in [0.29, 0.717) is 10.7 Å². The quantitative estimate of drug-likeness (QED) is 0.852. The Morgan fingerprint density at radius 2 is 1.83 bits per heavy atom. The Bertz CT molecular complexity index is 595. The second-order valence-electron chi connectivity index (χ2n) is 4.51. The van der Waals surface area contributed by atoms with Crippen molar-refractivity contribution in [2.75, 3.05) is 5.75 Å². The van der Waals surface area contributed by atoms with Gasteiger partial charge in [-0.15, -0.1) is 0 Å². The molecule has 0 radical (unpaired) electrons. The van der Waals surface area contributed by atoms with Crippen LogP contribution in [-0.4, -0.2) is 14.2 Å². The van der Waals surface area contributed by atoms with Gasteiger partial charge in [-0.05, 0) is 31.2 Å². The average Bonchev–Trinajstić information content (AvgIpc) is 2.82. The van der Waals surface area contributed by atoms with E-state index in [2.05, 4.69) is 0 Å². The van der Waals surface area contributed by atoms with Crippen LogP contribution in [0.1, 0.15) is 24.2 Å². The van der Waals surface area contributed by atoms with Gasteiger partial charge >= 0.3 is 0 Å². The number of hydrogen-bond donors (Lipinski definition) is 0. The van der Waals surface area contributed by atoms with E-state index in [1.165, 1.54) is 0 Å². The van der Waals surface area contributed by atoms with Crippen LogP contribution in [-0.2, 0) is 9.84 Å². The topological polar surface area (TPSA) is 47.3 Å². The lowest BCUT2D eigenvalue weighted by atomic mass is 10.2. The van der Waals surface area contributed by atoms with E-state index in [9.17, 15) is 8.42 Å². The summed E-state index contributed by atoms with van der Waals surface area (Å²) in [5.41, 5.74) is 1.05. The molecular weight excluding hydrogens is 248 g/mol. The van der Waals surface area contributed by atoms with Crippen LogP contribution in [0.25, 0.3) is 0 Å². The van der Waals surface area contributed by atoms with Gasteiger partial charge in [0.05, 0.1) is 16.9 Å². The summed E-state index contributed by atoms with van der Waals surface area (Å²) in [6, 6.07) is 10.5. The number of sulfone groups is 1. The van der Waals surface area contributed by atoms with E-state index in [4.69, 9.17) is 4.42 Å². The third-order valence-corrected chi connectivity index (χ3v) is 4.81. The van der Waals surface area contributed by atoms with Crippen molar-refractivity contribution in [3.05, 3.63) is 54.0 Å². The van der Waals surface area contributed by atoms with Gasteiger partial charge in [0.15, 0.2) is 9.84 Å². The molecule has 1 aromatic heterocycles. The molecule has 18 heavy (non-hydrogen) atoms. The Morgan fingerprint density at radius 1 is 1.17 bits per heavy atom. The number of furan rings is 1. The van der Waals surface area contributed by atoms with Gasteiger partial charge in [0.25, 0.3) is 0 Å². The highest BCUT2D eigenvalue weighted by Crippen LogP contribution is 2.22. The number of benzene rings is 1. The smallest absolute Gasteiger partial charge is 0.179 e. The first kappa shape index (κ1) is 12.9. The molecular formula is C14H16O3S. The van der Waals surface area contributed by atoms with Crippen molar-refractivity contribution in [3.8, 4) is 0 Å². The Balaban J connectivity index is 2.20. The maximum absolute atomic E-state index is 12.2. The summed E-state index contributed by atoms with van der Waals surface area (Å²) in [5.74, 6) is 0.612. The first-order valence-electron chi connectivity index (χ1n) is 5.82. The van der Waals surface area contributed by atoms with Crippen molar-refractivity contribution >= 4 is 9.84 Å². The molecule has 0 fully saturated rings. The number of rotatable bonds is 4. The predicted molar refractivity (Wildman–Crippen MR) is 70.4 cm³/mol. The first-order chi connectivity index (χ1) is 8.49. The molecule has 4 heteroatoms. The standard InChI is InChI=1S/C14H16O3S/c1-11-5-7-13(8-6-11)18(15,16)10-12(2)14-4-3-9-17-14/h3-9,12H,10H2,1-2H3/t12-/m1/s1. The Labute approximate surface area is 107 Å². The zero-order chi connectivity index (χ0) is 13.2. The molecule has 1 atom stereocenters. The molecule has 0 spiro atoms. The Hall–Kier alpha value is -1.55. The summed E-state index contributed by atoms with van der Waals surface area (Å²) < 4.78 is 29.6.